The molecule has 3 aromatic carbocycles. The molecule has 0 spiro atoms. The number of nitrogens with zero attached hydrogens (tertiary/aromatic N) is 2. The Kier molecular flexibility index (Phi) is 7.87. The third-order valence-electron chi connectivity index (χ3n) is 6.95. The predicted octanol–water partition coefficient (Wildman–Crippen LogP) is 6.48. The maximum atomic E-state index is 13.1. The summed E-state index contributed by atoms with van der Waals surface area (Å²) in [5.41, 5.74) is 4.29. The number of benzene rings is 3. The standard InChI is InChI=1S/C31H33N3O2S/c1-3-27-22-28(31(37-27)32-30(35)24-10-6-4-7-11-24)29(23-14-16-26(36-2)17-15-23)34-20-18-33(19-21-34)25-12-8-5-9-13-25/h4-17,22,29H,3,18-21H2,1-2H3,(H,32,35)/t29-/m0/s1. The lowest BCUT2D eigenvalue weighted by molar-refractivity contribution is 0.102. The fourth-order valence-corrected chi connectivity index (χ4v) is 5.97. The van der Waals surface area contributed by atoms with E-state index in [4.69, 9.17) is 4.74 Å². The van der Waals surface area contributed by atoms with Gasteiger partial charge in [0.15, 0.2) is 0 Å². The molecule has 1 aliphatic heterocycles. The smallest absolute Gasteiger partial charge is 0.256 e. The molecule has 0 aliphatic carbocycles. The molecule has 4 aromatic rings. The molecule has 0 radical (unpaired) electrons. The van der Waals surface area contributed by atoms with Crippen LogP contribution in [0.2, 0.25) is 0 Å². The van der Waals surface area contributed by atoms with E-state index in [0.29, 0.717) is 5.56 Å². The van der Waals surface area contributed by atoms with E-state index in [1.165, 1.54) is 16.1 Å². The molecule has 1 saturated heterocycles. The predicted molar refractivity (Wildman–Crippen MR) is 153 cm³/mol. The summed E-state index contributed by atoms with van der Waals surface area (Å²) in [4.78, 5) is 19.4. The average molecular weight is 512 g/mol. The largest absolute Gasteiger partial charge is 0.497 e. The molecule has 37 heavy (non-hydrogen) atoms. The van der Waals surface area contributed by atoms with Crippen molar-refractivity contribution in [3.63, 3.8) is 0 Å². The van der Waals surface area contributed by atoms with E-state index >= 15 is 0 Å². The van der Waals surface area contributed by atoms with Crippen molar-refractivity contribution < 1.29 is 9.53 Å². The molecule has 1 N–H and O–H groups in total. The topological polar surface area (TPSA) is 44.8 Å². The van der Waals surface area contributed by atoms with Gasteiger partial charge in [0, 0.05) is 47.9 Å². The number of aryl methyl sites for hydroxylation is 1. The molecule has 0 saturated carbocycles. The maximum absolute atomic E-state index is 13.1. The van der Waals surface area contributed by atoms with E-state index in [-0.39, 0.29) is 11.9 Å². The second-order valence-electron chi connectivity index (χ2n) is 9.21. The SMILES string of the molecule is CCc1cc([C@H](c2ccc(OC)cc2)N2CCN(c3ccccc3)CC2)c(NC(=O)c2ccccc2)s1. The van der Waals surface area contributed by atoms with Crippen molar-refractivity contribution in [2.24, 2.45) is 0 Å². The van der Waals surface area contributed by atoms with E-state index in [1.54, 1.807) is 18.4 Å². The van der Waals surface area contributed by atoms with E-state index in [0.717, 1.165) is 48.9 Å². The Morgan fingerprint density at radius 1 is 0.919 bits per heavy atom. The zero-order valence-electron chi connectivity index (χ0n) is 21.4. The highest BCUT2D eigenvalue weighted by Gasteiger charge is 2.30. The number of carbonyl (C=O) groups is 1. The molecule has 2 heterocycles. The number of hydrogen-bond donors (Lipinski definition) is 1. The van der Waals surface area contributed by atoms with Crippen LogP contribution in [-0.4, -0.2) is 44.1 Å². The average Bonchev–Trinajstić information content (AvgIpc) is 3.37. The van der Waals surface area contributed by atoms with Gasteiger partial charge >= 0.3 is 0 Å². The van der Waals surface area contributed by atoms with Gasteiger partial charge in [0.1, 0.15) is 10.8 Å². The van der Waals surface area contributed by atoms with Crippen LogP contribution >= 0.6 is 11.3 Å². The summed E-state index contributed by atoms with van der Waals surface area (Å²) in [5.74, 6) is 0.766. The number of para-hydroxylation sites is 1. The summed E-state index contributed by atoms with van der Waals surface area (Å²) in [5, 5.41) is 4.17. The van der Waals surface area contributed by atoms with E-state index in [9.17, 15) is 4.79 Å². The lowest BCUT2D eigenvalue weighted by Gasteiger charge is -2.40. The van der Waals surface area contributed by atoms with Gasteiger partial charge in [-0.2, -0.15) is 0 Å². The van der Waals surface area contributed by atoms with Gasteiger partial charge in [-0.15, -0.1) is 11.3 Å². The minimum atomic E-state index is -0.0752. The molecule has 1 aliphatic rings. The third-order valence-corrected chi connectivity index (χ3v) is 8.16. The number of anilines is 2. The first-order chi connectivity index (χ1) is 18.2. The number of amides is 1. The summed E-state index contributed by atoms with van der Waals surface area (Å²) in [7, 11) is 1.69. The highest BCUT2D eigenvalue weighted by Crippen LogP contribution is 2.40. The number of thiophene rings is 1. The minimum Gasteiger partial charge on any atom is -0.497 e. The van der Waals surface area contributed by atoms with Crippen molar-refractivity contribution in [3.8, 4) is 5.75 Å². The van der Waals surface area contributed by atoms with Gasteiger partial charge in [0.25, 0.3) is 5.91 Å². The molecular formula is C31H33N3O2S. The van der Waals surface area contributed by atoms with Crippen LogP contribution in [-0.2, 0) is 6.42 Å². The van der Waals surface area contributed by atoms with Crippen LogP contribution in [0.25, 0.3) is 0 Å². The highest BCUT2D eigenvalue weighted by atomic mass is 32.1. The first-order valence-electron chi connectivity index (χ1n) is 12.8. The van der Waals surface area contributed by atoms with Gasteiger partial charge in [0.2, 0.25) is 0 Å². The monoisotopic (exact) mass is 511 g/mol. The van der Waals surface area contributed by atoms with Gasteiger partial charge in [-0.3, -0.25) is 9.69 Å². The maximum Gasteiger partial charge on any atom is 0.256 e. The quantitative estimate of drug-likeness (QED) is 0.294. The molecule has 190 valence electrons. The Hall–Kier alpha value is -3.61. The second-order valence-corrected chi connectivity index (χ2v) is 10.3. The minimum absolute atomic E-state index is 0.0338. The number of methoxy groups -OCH3 is 1. The van der Waals surface area contributed by atoms with Crippen LogP contribution in [0.5, 0.6) is 5.75 Å². The Morgan fingerprint density at radius 3 is 2.19 bits per heavy atom. The molecule has 6 heteroatoms. The van der Waals surface area contributed by atoms with Crippen LogP contribution in [0.3, 0.4) is 0 Å². The number of piperazine rings is 1. The molecule has 5 rings (SSSR count). The second kappa shape index (κ2) is 11.6. The molecule has 1 fully saturated rings. The molecule has 1 amide bonds. The Labute approximate surface area is 223 Å². The van der Waals surface area contributed by atoms with Crippen LogP contribution in [0.4, 0.5) is 10.7 Å². The normalized spacial score (nSPS) is 14.8. The zero-order chi connectivity index (χ0) is 25.6. The number of rotatable bonds is 8. The highest BCUT2D eigenvalue weighted by molar-refractivity contribution is 7.16. The third kappa shape index (κ3) is 5.71. The summed E-state index contributed by atoms with van der Waals surface area (Å²) < 4.78 is 5.43. The van der Waals surface area contributed by atoms with Gasteiger partial charge < -0.3 is 15.0 Å². The fourth-order valence-electron chi connectivity index (χ4n) is 4.95. The van der Waals surface area contributed by atoms with Gasteiger partial charge in [-0.1, -0.05) is 55.5 Å². The van der Waals surface area contributed by atoms with Crippen LogP contribution < -0.4 is 15.0 Å². The molecule has 1 atom stereocenters. The first kappa shape index (κ1) is 25.1. The Morgan fingerprint density at radius 2 is 1.57 bits per heavy atom. The molecule has 1 aromatic heterocycles. The van der Waals surface area contributed by atoms with Crippen LogP contribution in [0, 0.1) is 0 Å². The van der Waals surface area contributed by atoms with Crippen molar-refractivity contribution in [1.82, 2.24) is 4.90 Å². The zero-order valence-corrected chi connectivity index (χ0v) is 22.2. The van der Waals surface area contributed by atoms with Gasteiger partial charge in [-0.25, -0.2) is 0 Å². The van der Waals surface area contributed by atoms with E-state index in [2.05, 4.69) is 70.6 Å². The summed E-state index contributed by atoms with van der Waals surface area (Å²) in [6.07, 6.45) is 0.927. The summed E-state index contributed by atoms with van der Waals surface area (Å²) in [6, 6.07) is 30.7. The van der Waals surface area contributed by atoms with Crippen molar-refractivity contribution >= 4 is 27.9 Å². The number of nitrogens with one attached hydrogen (secondary N) is 1. The molecule has 5 nitrogen and oxygen atoms in total. The van der Waals surface area contributed by atoms with Gasteiger partial charge in [-0.05, 0) is 54.4 Å². The van der Waals surface area contributed by atoms with E-state index < -0.39 is 0 Å². The van der Waals surface area contributed by atoms with Gasteiger partial charge in [0.05, 0.1) is 13.2 Å². The van der Waals surface area contributed by atoms with Crippen molar-refractivity contribution in [2.75, 3.05) is 43.5 Å². The number of carbonyl (C=O) groups excluding carboxylic acids is 1. The summed E-state index contributed by atoms with van der Waals surface area (Å²) >= 11 is 1.68. The number of hydrogen-bond acceptors (Lipinski definition) is 5. The van der Waals surface area contributed by atoms with Crippen molar-refractivity contribution in [2.45, 2.75) is 19.4 Å². The lowest BCUT2D eigenvalue weighted by atomic mass is 9.97. The molecular weight excluding hydrogens is 478 g/mol. The first-order valence-corrected chi connectivity index (χ1v) is 13.6. The fraction of sp³-hybridized carbons (Fsp3) is 0.258. The van der Waals surface area contributed by atoms with Crippen LogP contribution in [0.1, 0.15) is 39.3 Å². The Balaban J connectivity index is 1.47. The van der Waals surface area contributed by atoms with Crippen LogP contribution in [0.15, 0.2) is 91.0 Å². The lowest BCUT2D eigenvalue weighted by Crippen LogP contribution is -2.48. The molecule has 0 bridgehead atoms. The summed E-state index contributed by atoms with van der Waals surface area (Å²) in [6.45, 7) is 5.92. The molecule has 0 unspecified atom stereocenters. The Bertz CT molecular complexity index is 1300. The van der Waals surface area contributed by atoms with E-state index in [1.807, 2.05) is 42.5 Å². The van der Waals surface area contributed by atoms with Crippen molar-refractivity contribution in [3.05, 3.63) is 113 Å². The van der Waals surface area contributed by atoms with Crippen molar-refractivity contribution in [1.29, 1.82) is 0 Å². The number of ether oxygens (including phenoxy) is 1.